The number of aromatic nitrogens is 1. The van der Waals surface area contributed by atoms with Gasteiger partial charge < -0.3 is 5.32 Å². The van der Waals surface area contributed by atoms with E-state index in [-0.39, 0.29) is 5.69 Å². The summed E-state index contributed by atoms with van der Waals surface area (Å²) in [7, 11) is -5.67. The van der Waals surface area contributed by atoms with Crippen molar-refractivity contribution in [3.8, 4) is 0 Å². The van der Waals surface area contributed by atoms with E-state index >= 15 is 0 Å². The van der Waals surface area contributed by atoms with Gasteiger partial charge in [-0.15, -0.1) is 11.3 Å². The molecule has 1 aliphatic rings. The first-order valence-corrected chi connectivity index (χ1v) is 10.7. The summed E-state index contributed by atoms with van der Waals surface area (Å²) in [6.45, 7) is 1.73. The van der Waals surface area contributed by atoms with Gasteiger partial charge in [-0.2, -0.15) is 13.2 Å². The largest absolute Gasteiger partial charge is 0.501 e. The number of hydrogen-bond acceptors (Lipinski definition) is 7. The molecule has 1 N–H and O–H groups in total. The Morgan fingerprint density at radius 2 is 1.96 bits per heavy atom. The fourth-order valence-corrected chi connectivity index (χ4v) is 4.87. The first kappa shape index (κ1) is 20.5. The van der Waals surface area contributed by atoms with E-state index in [0.717, 1.165) is 37.4 Å². The molecule has 12 heteroatoms. The molecule has 1 aromatic heterocycles. The van der Waals surface area contributed by atoms with E-state index in [9.17, 15) is 31.7 Å². The lowest BCUT2D eigenvalue weighted by Crippen LogP contribution is -2.23. The van der Waals surface area contributed by atoms with Crippen molar-refractivity contribution in [3.05, 3.63) is 43.9 Å². The second kappa shape index (κ2) is 7.32. The van der Waals surface area contributed by atoms with Crippen LogP contribution < -0.4 is 5.32 Å². The zero-order chi connectivity index (χ0) is 20.7. The zero-order valence-electron chi connectivity index (χ0n) is 14.6. The van der Waals surface area contributed by atoms with Crippen LogP contribution in [0.5, 0.6) is 0 Å². The van der Waals surface area contributed by atoms with Crippen molar-refractivity contribution in [1.82, 2.24) is 4.98 Å². The highest BCUT2D eigenvalue weighted by Crippen LogP contribution is 2.37. The van der Waals surface area contributed by atoms with Gasteiger partial charge in [-0.3, -0.25) is 10.1 Å². The quantitative estimate of drug-likeness (QED) is 0.552. The van der Waals surface area contributed by atoms with E-state index in [4.69, 9.17) is 0 Å². The van der Waals surface area contributed by atoms with Crippen LogP contribution in [-0.2, 0) is 22.7 Å². The van der Waals surface area contributed by atoms with Crippen molar-refractivity contribution < 1.29 is 26.5 Å². The van der Waals surface area contributed by atoms with Crippen LogP contribution in [-0.4, -0.2) is 23.8 Å². The van der Waals surface area contributed by atoms with Gasteiger partial charge >= 0.3 is 5.51 Å². The molecule has 1 aromatic carbocycles. The number of anilines is 1. The van der Waals surface area contributed by atoms with Crippen LogP contribution in [0.4, 0.5) is 24.5 Å². The van der Waals surface area contributed by atoms with Crippen LogP contribution >= 0.6 is 11.3 Å². The van der Waals surface area contributed by atoms with Crippen molar-refractivity contribution in [2.24, 2.45) is 0 Å². The molecule has 0 saturated heterocycles. The molecule has 1 atom stereocenters. The van der Waals surface area contributed by atoms with Crippen molar-refractivity contribution in [1.29, 1.82) is 0 Å². The Kier molecular flexibility index (Phi) is 5.36. The normalized spacial score (nSPS) is 15.7. The van der Waals surface area contributed by atoms with Gasteiger partial charge in [0.25, 0.3) is 15.5 Å². The first-order chi connectivity index (χ1) is 13.0. The van der Waals surface area contributed by atoms with E-state index in [1.807, 2.05) is 0 Å². The second-order valence-corrected chi connectivity index (χ2v) is 9.44. The molecule has 0 radical (unpaired) electrons. The van der Waals surface area contributed by atoms with Crippen molar-refractivity contribution >= 4 is 32.5 Å². The van der Waals surface area contributed by atoms with E-state index in [0.29, 0.717) is 17.1 Å². The van der Waals surface area contributed by atoms with Gasteiger partial charge in [-0.1, -0.05) is 0 Å². The summed E-state index contributed by atoms with van der Waals surface area (Å²) in [6, 6.07) is 1.67. The number of hydrogen-bond donors (Lipinski definition) is 1. The lowest BCUT2D eigenvalue weighted by atomic mass is 10.0. The van der Waals surface area contributed by atoms with E-state index in [1.165, 1.54) is 16.2 Å². The van der Waals surface area contributed by atoms with E-state index < -0.39 is 36.9 Å². The summed E-state index contributed by atoms with van der Waals surface area (Å²) in [4.78, 5) is 14.9. The Morgan fingerprint density at radius 1 is 1.29 bits per heavy atom. The van der Waals surface area contributed by atoms with Gasteiger partial charge in [-0.05, 0) is 44.7 Å². The fourth-order valence-electron chi connectivity index (χ4n) is 2.94. The molecular formula is C16H16F3N3O4S2. The molecule has 7 nitrogen and oxygen atoms in total. The maximum atomic E-state index is 12.7. The number of halogens is 3. The number of nitro benzene ring substituents is 1. The van der Waals surface area contributed by atoms with Crippen molar-refractivity contribution in [2.75, 3.05) is 5.32 Å². The van der Waals surface area contributed by atoms with Gasteiger partial charge in [0.2, 0.25) is 0 Å². The van der Waals surface area contributed by atoms with Crippen LogP contribution in [0.25, 0.3) is 0 Å². The van der Waals surface area contributed by atoms with Gasteiger partial charge in [0.1, 0.15) is 10.7 Å². The Bertz CT molecular complexity index is 995. The van der Waals surface area contributed by atoms with Gasteiger partial charge in [0.05, 0.1) is 21.6 Å². The summed E-state index contributed by atoms with van der Waals surface area (Å²) in [5.74, 6) is 0. The molecule has 1 heterocycles. The lowest BCUT2D eigenvalue weighted by Gasteiger charge is -2.14. The molecule has 0 spiro atoms. The van der Waals surface area contributed by atoms with Crippen LogP contribution in [0.15, 0.2) is 23.1 Å². The number of alkyl halides is 3. The minimum absolute atomic E-state index is 0.0770. The highest BCUT2D eigenvalue weighted by atomic mass is 32.2. The molecule has 28 heavy (non-hydrogen) atoms. The molecular weight excluding hydrogens is 419 g/mol. The topological polar surface area (TPSA) is 102 Å². The third-order valence-corrected chi connectivity index (χ3v) is 7.21. The minimum atomic E-state index is -5.67. The van der Waals surface area contributed by atoms with Gasteiger partial charge in [0.15, 0.2) is 0 Å². The van der Waals surface area contributed by atoms with Crippen molar-refractivity contribution in [3.63, 3.8) is 0 Å². The van der Waals surface area contributed by atoms with Gasteiger partial charge in [-0.25, -0.2) is 13.4 Å². The van der Waals surface area contributed by atoms with Crippen LogP contribution in [0.2, 0.25) is 0 Å². The fraction of sp³-hybridized carbons (Fsp3) is 0.438. The van der Waals surface area contributed by atoms with Crippen molar-refractivity contribution in [2.45, 2.75) is 49.1 Å². The number of sulfone groups is 1. The molecule has 1 aliphatic carbocycles. The second-order valence-electron chi connectivity index (χ2n) is 6.38. The third-order valence-electron chi connectivity index (χ3n) is 4.39. The predicted octanol–water partition coefficient (Wildman–Crippen LogP) is 4.40. The number of benzene rings is 1. The number of nitro groups is 1. The predicted molar refractivity (Wildman–Crippen MR) is 97.1 cm³/mol. The molecule has 0 bridgehead atoms. The van der Waals surface area contributed by atoms with E-state index in [1.54, 1.807) is 6.92 Å². The molecule has 0 saturated carbocycles. The van der Waals surface area contributed by atoms with E-state index in [2.05, 4.69) is 10.3 Å². The first-order valence-electron chi connectivity index (χ1n) is 8.35. The molecule has 0 amide bonds. The number of fused-ring (bicyclic) bond motifs is 1. The van der Waals surface area contributed by atoms with Crippen LogP contribution in [0.3, 0.4) is 0 Å². The number of thiazole rings is 1. The third kappa shape index (κ3) is 3.83. The Hall–Kier alpha value is -2.21. The molecule has 2 aromatic rings. The minimum Gasteiger partial charge on any atom is -0.371 e. The lowest BCUT2D eigenvalue weighted by molar-refractivity contribution is -0.384. The SMILES string of the molecule is C[C@H](Nc1ccc(S(=O)(=O)C(F)(F)F)cc1[N+](=O)[O-])c1nc2c(s1)CCCC2. The molecule has 0 unspecified atom stereocenters. The summed E-state index contributed by atoms with van der Waals surface area (Å²) in [6.07, 6.45) is 3.95. The molecule has 0 aliphatic heterocycles. The maximum Gasteiger partial charge on any atom is 0.501 e. The smallest absolute Gasteiger partial charge is 0.371 e. The number of aryl methyl sites for hydroxylation is 2. The number of nitrogens with zero attached hydrogens (tertiary/aromatic N) is 2. The zero-order valence-corrected chi connectivity index (χ0v) is 16.2. The monoisotopic (exact) mass is 435 g/mol. The maximum absolute atomic E-state index is 12.7. The summed E-state index contributed by atoms with van der Waals surface area (Å²) < 4.78 is 61.2. The highest BCUT2D eigenvalue weighted by molar-refractivity contribution is 7.92. The van der Waals surface area contributed by atoms with Gasteiger partial charge in [0, 0.05) is 10.9 Å². The number of nitrogens with one attached hydrogen (secondary N) is 1. The Morgan fingerprint density at radius 3 is 2.57 bits per heavy atom. The average molecular weight is 435 g/mol. The van der Waals surface area contributed by atoms with Crippen LogP contribution in [0.1, 0.15) is 41.4 Å². The summed E-state index contributed by atoms with van der Waals surface area (Å²) >= 11 is 1.50. The summed E-state index contributed by atoms with van der Waals surface area (Å²) in [5, 5.41) is 14.9. The Labute approximate surface area is 162 Å². The highest BCUT2D eigenvalue weighted by Gasteiger charge is 2.47. The summed E-state index contributed by atoms with van der Waals surface area (Å²) in [5.41, 5.74) is -5.35. The average Bonchev–Trinajstić information content (AvgIpc) is 3.05. The molecule has 3 rings (SSSR count). The van der Waals surface area contributed by atoms with Crippen LogP contribution in [0, 0.1) is 10.1 Å². The number of rotatable bonds is 5. The Balaban J connectivity index is 1.91. The standard InChI is InChI=1S/C16H16F3N3O4S2/c1-9(15-21-12-4-2-3-5-14(12)27-15)20-11-7-6-10(8-13(11)22(23)24)28(25,26)16(17,18)19/h6-9,20H,2-5H2,1H3/t9-/m0/s1. The molecule has 152 valence electrons. The molecule has 0 fully saturated rings.